The van der Waals surface area contributed by atoms with Crippen LogP contribution in [0, 0.1) is 5.82 Å². The number of nitrogens with zero attached hydrogens (tertiary/aromatic N) is 1. The predicted octanol–water partition coefficient (Wildman–Crippen LogP) is 3.93. The topological polar surface area (TPSA) is 119 Å². The van der Waals surface area contributed by atoms with Gasteiger partial charge in [-0.3, -0.25) is 9.10 Å². The Morgan fingerprint density at radius 1 is 1.05 bits per heavy atom. The number of alkyl halides is 3. The Bertz CT molecular complexity index is 1470. The smallest absolute Gasteiger partial charge is 0.427 e. The fourth-order valence-corrected chi connectivity index (χ4v) is 6.78. The largest absolute Gasteiger partial charge is 0.486 e. The van der Waals surface area contributed by atoms with Crippen LogP contribution in [0.2, 0.25) is 0 Å². The Balaban J connectivity index is 1.99. The molecule has 40 heavy (non-hydrogen) atoms. The number of esters is 1. The average molecular weight is 611 g/mol. The Labute approximate surface area is 230 Å². The number of anilines is 1. The van der Waals surface area contributed by atoms with Gasteiger partial charge in [-0.1, -0.05) is 6.07 Å². The second-order valence-electron chi connectivity index (χ2n) is 10.7. The Morgan fingerprint density at radius 2 is 1.65 bits per heavy atom. The molecule has 222 valence electrons. The molecule has 0 fully saturated rings. The van der Waals surface area contributed by atoms with Crippen molar-refractivity contribution in [3.05, 3.63) is 53.8 Å². The van der Waals surface area contributed by atoms with E-state index in [9.17, 15) is 39.2 Å². The molecular weight excluding hydrogens is 580 g/mol. The molecule has 9 nitrogen and oxygen atoms in total. The third-order valence-corrected chi connectivity index (χ3v) is 8.67. The van der Waals surface area contributed by atoms with E-state index < -0.39 is 61.7 Å². The quantitative estimate of drug-likeness (QED) is 0.338. The van der Waals surface area contributed by atoms with Crippen molar-refractivity contribution in [2.75, 3.05) is 17.1 Å². The highest BCUT2D eigenvalue weighted by molar-refractivity contribution is 7.92. The first-order chi connectivity index (χ1) is 18.1. The monoisotopic (exact) mass is 610 g/mol. The molecular formula is C25H30F4N2O7S2. The molecule has 0 radical (unpaired) electrons. The third kappa shape index (κ3) is 7.63. The van der Waals surface area contributed by atoms with Gasteiger partial charge in [0.2, 0.25) is 15.6 Å². The van der Waals surface area contributed by atoms with Gasteiger partial charge in [-0.05, 0) is 69.7 Å². The van der Waals surface area contributed by atoms with Crippen LogP contribution in [0.15, 0.2) is 47.4 Å². The van der Waals surface area contributed by atoms with Crippen LogP contribution in [0.5, 0.6) is 5.75 Å². The third-order valence-electron chi connectivity index (χ3n) is 5.96. The molecule has 1 aliphatic rings. The summed E-state index contributed by atoms with van der Waals surface area (Å²) in [6.45, 7) is 4.34. The maximum Gasteiger partial charge on any atom is 0.427 e. The van der Waals surface area contributed by atoms with Crippen molar-refractivity contribution in [3.8, 4) is 5.75 Å². The van der Waals surface area contributed by atoms with Crippen LogP contribution >= 0.6 is 0 Å². The van der Waals surface area contributed by atoms with Gasteiger partial charge in [0.15, 0.2) is 0 Å². The number of hydrogen-bond acceptors (Lipinski definition) is 7. The lowest BCUT2D eigenvalue weighted by Crippen LogP contribution is -2.50. The summed E-state index contributed by atoms with van der Waals surface area (Å²) in [5, 5.41) is 0. The molecule has 3 rings (SSSR count). The lowest BCUT2D eigenvalue weighted by Gasteiger charge is -2.38. The molecule has 0 saturated heterocycles. The van der Waals surface area contributed by atoms with Gasteiger partial charge in [-0.2, -0.15) is 13.2 Å². The highest BCUT2D eigenvalue weighted by atomic mass is 32.2. The van der Waals surface area contributed by atoms with Crippen molar-refractivity contribution < 1.29 is 48.7 Å². The summed E-state index contributed by atoms with van der Waals surface area (Å²) in [5.41, 5.74) is -3.62. The van der Waals surface area contributed by atoms with Gasteiger partial charge in [-0.15, -0.1) is 0 Å². The van der Waals surface area contributed by atoms with Crippen LogP contribution in [0.3, 0.4) is 0 Å². The van der Waals surface area contributed by atoms with E-state index in [1.165, 1.54) is 18.2 Å². The molecule has 1 aliphatic heterocycles. The van der Waals surface area contributed by atoms with Crippen LogP contribution < -0.4 is 13.8 Å². The summed E-state index contributed by atoms with van der Waals surface area (Å²) >= 11 is 0. The summed E-state index contributed by atoms with van der Waals surface area (Å²) in [5.74, 6) is -1.77. The fourth-order valence-electron chi connectivity index (χ4n) is 4.19. The van der Waals surface area contributed by atoms with Crippen LogP contribution in [0.25, 0.3) is 0 Å². The second kappa shape index (κ2) is 10.8. The zero-order chi connectivity index (χ0) is 30.3. The van der Waals surface area contributed by atoms with Crippen LogP contribution in [0.4, 0.5) is 23.2 Å². The maximum atomic E-state index is 13.7. The summed E-state index contributed by atoms with van der Waals surface area (Å²) in [7, 11) is -7.93. The zero-order valence-electron chi connectivity index (χ0n) is 22.4. The molecule has 1 heterocycles. The summed E-state index contributed by atoms with van der Waals surface area (Å²) in [6, 6.07) is 8.12. The lowest BCUT2D eigenvalue weighted by atomic mass is 9.97. The minimum Gasteiger partial charge on any atom is -0.486 e. The standard InChI is InChI=1S/C25H30F4N2O7S2/c1-23(2,30-39(5,33)34)14-18-15-31(40(35,36)19-9-7-17(26)8-10-19)20-12-16(6-11-21(20)37-18)13-22(32)38-24(3,4)25(27,28)29/h6-12,18,30H,13-15H2,1-5H3/t18-/m0/s1. The number of rotatable bonds is 9. The highest BCUT2D eigenvalue weighted by Crippen LogP contribution is 2.40. The number of nitrogens with one attached hydrogen (secondary N) is 1. The Morgan fingerprint density at radius 3 is 2.20 bits per heavy atom. The number of carbonyl (C=O) groups excluding carboxylic acids is 1. The first-order valence-corrected chi connectivity index (χ1v) is 15.3. The van der Waals surface area contributed by atoms with E-state index in [0.29, 0.717) is 13.8 Å². The van der Waals surface area contributed by atoms with Crippen molar-refractivity contribution >= 4 is 31.7 Å². The Kier molecular flexibility index (Phi) is 8.55. The number of fused-ring (bicyclic) bond motifs is 1. The van der Waals surface area contributed by atoms with Gasteiger partial charge in [0.25, 0.3) is 10.0 Å². The van der Waals surface area contributed by atoms with E-state index in [1.54, 1.807) is 13.8 Å². The van der Waals surface area contributed by atoms with Crippen molar-refractivity contribution in [3.63, 3.8) is 0 Å². The van der Waals surface area contributed by atoms with E-state index >= 15 is 0 Å². The summed E-state index contributed by atoms with van der Waals surface area (Å²) in [6.07, 6.45) is -5.20. The molecule has 2 aromatic carbocycles. The number of benzene rings is 2. The molecule has 1 atom stereocenters. The molecule has 0 aromatic heterocycles. The van der Waals surface area contributed by atoms with Crippen molar-refractivity contribution in [1.82, 2.24) is 4.72 Å². The van der Waals surface area contributed by atoms with Crippen LogP contribution in [-0.4, -0.2) is 59.0 Å². The molecule has 0 saturated carbocycles. The van der Waals surface area contributed by atoms with Crippen LogP contribution in [0.1, 0.15) is 39.7 Å². The first kappa shape index (κ1) is 31.6. The zero-order valence-corrected chi connectivity index (χ0v) is 24.0. The number of ether oxygens (including phenoxy) is 2. The molecule has 0 amide bonds. The molecule has 0 aliphatic carbocycles. The lowest BCUT2D eigenvalue weighted by molar-refractivity contribution is -0.257. The normalized spacial score (nSPS) is 16.7. The molecule has 2 aromatic rings. The van der Waals surface area contributed by atoms with E-state index in [4.69, 9.17) is 4.74 Å². The summed E-state index contributed by atoms with van der Waals surface area (Å²) < 4.78 is 118. The van der Waals surface area contributed by atoms with E-state index in [2.05, 4.69) is 9.46 Å². The number of hydrogen-bond donors (Lipinski definition) is 1. The van der Waals surface area contributed by atoms with Gasteiger partial charge < -0.3 is 9.47 Å². The maximum absolute atomic E-state index is 13.7. The van der Waals surface area contributed by atoms with Crippen molar-refractivity contribution in [2.24, 2.45) is 0 Å². The van der Waals surface area contributed by atoms with Crippen molar-refractivity contribution in [2.45, 2.75) is 68.9 Å². The first-order valence-electron chi connectivity index (χ1n) is 12.0. The average Bonchev–Trinajstić information content (AvgIpc) is 2.75. The minimum atomic E-state index is -4.80. The number of carbonyl (C=O) groups is 1. The van der Waals surface area contributed by atoms with Gasteiger partial charge >= 0.3 is 12.1 Å². The van der Waals surface area contributed by atoms with E-state index in [0.717, 1.165) is 34.8 Å². The van der Waals surface area contributed by atoms with E-state index in [-0.39, 0.29) is 34.9 Å². The predicted molar refractivity (Wildman–Crippen MR) is 138 cm³/mol. The van der Waals surface area contributed by atoms with Gasteiger partial charge in [0, 0.05) is 12.0 Å². The molecule has 0 unspecified atom stereocenters. The molecule has 0 bridgehead atoms. The minimum absolute atomic E-state index is 0.00478. The second-order valence-corrected chi connectivity index (χ2v) is 14.3. The van der Waals surface area contributed by atoms with Crippen LogP contribution in [-0.2, 0) is 36.0 Å². The Hall–Kier alpha value is -2.91. The highest BCUT2D eigenvalue weighted by Gasteiger charge is 2.50. The molecule has 0 spiro atoms. The van der Waals surface area contributed by atoms with Gasteiger partial charge in [0.05, 0.1) is 29.8 Å². The number of sulfonamides is 2. The molecule has 1 N–H and O–H groups in total. The van der Waals surface area contributed by atoms with Crippen molar-refractivity contribution in [1.29, 1.82) is 0 Å². The summed E-state index contributed by atoms with van der Waals surface area (Å²) in [4.78, 5) is 12.1. The molecule has 15 heteroatoms. The van der Waals surface area contributed by atoms with E-state index in [1.807, 2.05) is 0 Å². The SMILES string of the molecule is CC(C)(C[C@H]1CN(S(=O)(=O)c2ccc(F)cc2)c2cc(CC(=O)OC(C)(C)C(F)(F)F)ccc2O1)NS(C)(=O)=O. The fraction of sp³-hybridized carbons (Fsp3) is 0.480. The van der Waals surface area contributed by atoms with Gasteiger partial charge in [0.1, 0.15) is 17.7 Å². The number of halogens is 4. The van der Waals surface area contributed by atoms with Gasteiger partial charge in [-0.25, -0.2) is 25.9 Å².